The summed E-state index contributed by atoms with van der Waals surface area (Å²) in [4.78, 5) is 16.6. The van der Waals surface area contributed by atoms with E-state index in [-0.39, 0.29) is 24.0 Å². The number of esters is 1. The first-order valence-electron chi connectivity index (χ1n) is 9.47. The second-order valence-corrected chi connectivity index (χ2v) is 8.05. The number of carbonyl (C=O) groups excluding carboxylic acids is 1. The molecule has 0 amide bonds. The normalized spacial score (nSPS) is 14.3. The van der Waals surface area contributed by atoms with E-state index in [4.69, 9.17) is 25.8 Å². The van der Waals surface area contributed by atoms with Gasteiger partial charge in [0.25, 0.3) is 0 Å². The summed E-state index contributed by atoms with van der Waals surface area (Å²) in [5.74, 6) is 0.116. The van der Waals surface area contributed by atoms with Crippen LogP contribution >= 0.6 is 27.5 Å². The number of benzene rings is 3. The van der Waals surface area contributed by atoms with Gasteiger partial charge in [0.2, 0.25) is 5.90 Å². The first kappa shape index (κ1) is 22.0. The highest BCUT2D eigenvalue weighted by Crippen LogP contribution is 2.38. The predicted octanol–water partition coefficient (Wildman–Crippen LogP) is 6.17. The predicted molar refractivity (Wildman–Crippen MR) is 123 cm³/mol. The van der Waals surface area contributed by atoms with Crippen molar-refractivity contribution in [1.29, 1.82) is 0 Å². The van der Waals surface area contributed by atoms with E-state index >= 15 is 0 Å². The molecular weight excluding hydrogens is 501 g/mol. The van der Waals surface area contributed by atoms with E-state index in [9.17, 15) is 9.18 Å². The van der Waals surface area contributed by atoms with Crippen LogP contribution in [0.25, 0.3) is 6.08 Å². The molecule has 1 heterocycles. The molecule has 0 aliphatic carbocycles. The van der Waals surface area contributed by atoms with Crippen LogP contribution in [0.3, 0.4) is 0 Å². The Morgan fingerprint density at radius 3 is 2.62 bits per heavy atom. The Morgan fingerprint density at radius 1 is 1.16 bits per heavy atom. The molecule has 3 aromatic carbocycles. The number of hydrogen-bond acceptors (Lipinski definition) is 5. The maximum atomic E-state index is 13.9. The van der Waals surface area contributed by atoms with Gasteiger partial charge in [-0.15, -0.1) is 0 Å². The lowest BCUT2D eigenvalue weighted by Gasteiger charge is -2.14. The van der Waals surface area contributed by atoms with Crippen molar-refractivity contribution in [2.75, 3.05) is 7.11 Å². The molecular formula is C24H16BrClFNO4. The van der Waals surface area contributed by atoms with E-state index in [0.29, 0.717) is 37.7 Å². The summed E-state index contributed by atoms with van der Waals surface area (Å²) < 4.78 is 31.0. The summed E-state index contributed by atoms with van der Waals surface area (Å²) in [5, 5.41) is 0.573. The van der Waals surface area contributed by atoms with E-state index < -0.39 is 5.97 Å². The Morgan fingerprint density at radius 2 is 1.91 bits per heavy atom. The fourth-order valence-electron chi connectivity index (χ4n) is 3.01. The summed E-state index contributed by atoms with van der Waals surface area (Å²) in [5.41, 5.74) is 1.84. The zero-order valence-electron chi connectivity index (χ0n) is 16.8. The zero-order valence-corrected chi connectivity index (χ0v) is 19.1. The Balaban J connectivity index is 1.59. The van der Waals surface area contributed by atoms with Crippen molar-refractivity contribution in [2.45, 2.75) is 6.61 Å². The largest absolute Gasteiger partial charge is 0.493 e. The molecule has 4 rings (SSSR count). The van der Waals surface area contributed by atoms with Crippen LogP contribution in [0, 0.1) is 5.82 Å². The maximum absolute atomic E-state index is 13.9. The molecule has 0 unspecified atom stereocenters. The van der Waals surface area contributed by atoms with Crippen LogP contribution in [0.1, 0.15) is 16.7 Å². The number of carbonyl (C=O) groups is 1. The quantitative estimate of drug-likeness (QED) is 0.290. The van der Waals surface area contributed by atoms with Crippen LogP contribution in [-0.4, -0.2) is 19.0 Å². The number of rotatable bonds is 6. The lowest BCUT2D eigenvalue weighted by molar-refractivity contribution is -0.129. The Kier molecular flexibility index (Phi) is 6.58. The molecule has 5 nitrogen and oxygen atoms in total. The molecule has 0 radical (unpaired) electrons. The van der Waals surface area contributed by atoms with Gasteiger partial charge in [0.05, 0.1) is 11.6 Å². The monoisotopic (exact) mass is 515 g/mol. The minimum Gasteiger partial charge on any atom is -0.493 e. The third-order valence-corrected chi connectivity index (χ3v) is 5.44. The van der Waals surface area contributed by atoms with Crippen molar-refractivity contribution < 1.29 is 23.4 Å². The molecule has 0 saturated carbocycles. The summed E-state index contributed by atoms with van der Waals surface area (Å²) in [6.07, 6.45) is 1.58. The SMILES string of the molecule is COc1cc(C=C2N=C(c3ccc(Cl)cc3)OC2=O)cc(Br)c1OCc1ccccc1F. The average molecular weight is 517 g/mol. The van der Waals surface area contributed by atoms with Crippen LogP contribution in [0.4, 0.5) is 4.39 Å². The number of aliphatic imine (C=N–C) groups is 1. The topological polar surface area (TPSA) is 57.1 Å². The van der Waals surface area contributed by atoms with Crippen molar-refractivity contribution in [3.63, 3.8) is 0 Å². The highest BCUT2D eigenvalue weighted by molar-refractivity contribution is 9.10. The zero-order chi connectivity index (χ0) is 22.7. The molecule has 0 spiro atoms. The van der Waals surface area contributed by atoms with Crippen LogP contribution in [0.5, 0.6) is 11.5 Å². The van der Waals surface area contributed by atoms with Gasteiger partial charge in [0, 0.05) is 16.1 Å². The molecule has 3 aromatic rings. The highest BCUT2D eigenvalue weighted by Gasteiger charge is 2.24. The van der Waals surface area contributed by atoms with Crippen molar-refractivity contribution in [3.05, 3.63) is 98.4 Å². The molecule has 0 saturated heterocycles. The first-order chi connectivity index (χ1) is 15.4. The number of hydrogen-bond donors (Lipinski definition) is 0. The Bertz CT molecular complexity index is 1240. The van der Waals surface area contributed by atoms with Gasteiger partial charge in [-0.05, 0) is 70.0 Å². The maximum Gasteiger partial charge on any atom is 0.363 e. The van der Waals surface area contributed by atoms with Gasteiger partial charge < -0.3 is 14.2 Å². The minimum atomic E-state index is -0.565. The van der Waals surface area contributed by atoms with Crippen molar-refractivity contribution in [3.8, 4) is 11.5 Å². The van der Waals surface area contributed by atoms with Gasteiger partial charge in [0.15, 0.2) is 17.2 Å². The Labute approximate surface area is 197 Å². The molecule has 32 heavy (non-hydrogen) atoms. The van der Waals surface area contributed by atoms with Crippen LogP contribution < -0.4 is 9.47 Å². The number of methoxy groups -OCH3 is 1. The molecule has 162 valence electrons. The van der Waals surface area contributed by atoms with Gasteiger partial charge >= 0.3 is 5.97 Å². The number of cyclic esters (lactones) is 1. The van der Waals surface area contributed by atoms with Crippen LogP contribution in [-0.2, 0) is 16.1 Å². The van der Waals surface area contributed by atoms with E-state index in [0.717, 1.165) is 0 Å². The molecule has 8 heteroatoms. The summed E-state index contributed by atoms with van der Waals surface area (Å²) in [6.45, 7) is 0.0309. The van der Waals surface area contributed by atoms with Crippen LogP contribution in [0.2, 0.25) is 5.02 Å². The minimum absolute atomic E-state index is 0.0309. The van der Waals surface area contributed by atoms with E-state index in [1.165, 1.54) is 13.2 Å². The van der Waals surface area contributed by atoms with Gasteiger partial charge in [-0.2, -0.15) is 0 Å². The summed E-state index contributed by atoms with van der Waals surface area (Å²) in [6, 6.07) is 16.6. The molecule has 1 aliphatic heterocycles. The molecule has 0 N–H and O–H groups in total. The summed E-state index contributed by atoms with van der Waals surface area (Å²) >= 11 is 9.36. The average Bonchev–Trinajstić information content (AvgIpc) is 3.14. The lowest BCUT2D eigenvalue weighted by atomic mass is 10.1. The number of ether oxygens (including phenoxy) is 3. The molecule has 0 bridgehead atoms. The van der Waals surface area contributed by atoms with Crippen LogP contribution in [0.15, 0.2) is 75.8 Å². The van der Waals surface area contributed by atoms with Crippen molar-refractivity contribution >= 4 is 45.5 Å². The summed E-state index contributed by atoms with van der Waals surface area (Å²) in [7, 11) is 1.50. The number of nitrogens with zero attached hydrogens (tertiary/aromatic N) is 1. The Hall–Kier alpha value is -3.16. The molecule has 0 atom stereocenters. The molecule has 0 aromatic heterocycles. The first-order valence-corrected chi connectivity index (χ1v) is 10.6. The van der Waals surface area contributed by atoms with E-state index in [2.05, 4.69) is 20.9 Å². The highest BCUT2D eigenvalue weighted by atomic mass is 79.9. The lowest BCUT2D eigenvalue weighted by Crippen LogP contribution is -2.05. The second-order valence-electron chi connectivity index (χ2n) is 6.76. The van der Waals surface area contributed by atoms with Gasteiger partial charge in [0.1, 0.15) is 12.4 Å². The second kappa shape index (κ2) is 9.54. The van der Waals surface area contributed by atoms with Crippen molar-refractivity contribution in [2.24, 2.45) is 4.99 Å². The van der Waals surface area contributed by atoms with Gasteiger partial charge in [-0.25, -0.2) is 14.2 Å². The molecule has 0 fully saturated rings. The number of halogens is 3. The van der Waals surface area contributed by atoms with E-state index in [1.54, 1.807) is 60.7 Å². The fourth-order valence-corrected chi connectivity index (χ4v) is 3.71. The van der Waals surface area contributed by atoms with E-state index in [1.807, 2.05) is 0 Å². The third-order valence-electron chi connectivity index (χ3n) is 4.60. The standard InChI is InChI=1S/C24H16BrClFNO4/c1-30-21-12-14(10-18(25)22(21)31-13-16-4-2-3-5-19(16)27)11-20-24(29)32-23(28-20)15-6-8-17(26)9-7-15/h2-12H,13H2,1H3. The van der Waals surface area contributed by atoms with Gasteiger partial charge in [-0.3, -0.25) is 0 Å². The van der Waals surface area contributed by atoms with Crippen molar-refractivity contribution in [1.82, 2.24) is 0 Å². The fraction of sp³-hybridized carbons (Fsp3) is 0.0833. The third kappa shape index (κ3) is 4.84. The molecule has 1 aliphatic rings. The van der Waals surface area contributed by atoms with Gasteiger partial charge in [-0.1, -0.05) is 29.8 Å². The smallest absolute Gasteiger partial charge is 0.363 e.